The molecule has 1 aromatic carbocycles. The van der Waals surface area contributed by atoms with Gasteiger partial charge in [-0.15, -0.1) is 0 Å². The number of oxazole rings is 1. The lowest BCUT2D eigenvalue weighted by atomic mass is 10.2. The second-order valence-corrected chi connectivity index (χ2v) is 5.38. The van der Waals surface area contributed by atoms with Gasteiger partial charge in [0.15, 0.2) is 11.7 Å². The third-order valence-corrected chi connectivity index (χ3v) is 3.61. The molecular weight excluding hydrogens is 288 g/mol. The van der Waals surface area contributed by atoms with E-state index in [0.717, 1.165) is 12.0 Å². The van der Waals surface area contributed by atoms with Crippen LogP contribution in [0.25, 0.3) is 11.3 Å². The van der Waals surface area contributed by atoms with Crippen molar-refractivity contribution in [3.63, 3.8) is 0 Å². The van der Waals surface area contributed by atoms with Gasteiger partial charge in [-0.25, -0.2) is 4.98 Å². The van der Waals surface area contributed by atoms with Crippen LogP contribution in [0.4, 0.5) is 0 Å². The Labute approximate surface area is 129 Å². The molecule has 0 bridgehead atoms. The standard InChI is InChI=1S/C16H19ClN2O2/c1-3-11(2)19-15(20)8-9-16-18-10-14(21-16)12-6-4-5-7-13(12)17/h4-7,10-11H,3,8-9H2,1-2H3,(H,19,20). The van der Waals surface area contributed by atoms with E-state index < -0.39 is 0 Å². The fourth-order valence-corrected chi connectivity index (χ4v) is 2.11. The smallest absolute Gasteiger partial charge is 0.220 e. The second-order valence-electron chi connectivity index (χ2n) is 4.97. The van der Waals surface area contributed by atoms with E-state index in [-0.39, 0.29) is 11.9 Å². The molecule has 112 valence electrons. The molecule has 5 heteroatoms. The molecule has 1 unspecified atom stereocenters. The molecule has 0 aliphatic heterocycles. The van der Waals surface area contributed by atoms with Gasteiger partial charge in [0.2, 0.25) is 5.91 Å². The van der Waals surface area contributed by atoms with Crippen molar-refractivity contribution in [1.29, 1.82) is 0 Å². The highest BCUT2D eigenvalue weighted by Crippen LogP contribution is 2.28. The number of nitrogens with zero attached hydrogens (tertiary/aromatic N) is 1. The topological polar surface area (TPSA) is 55.1 Å². The molecule has 0 fully saturated rings. The predicted octanol–water partition coefficient (Wildman–Crippen LogP) is 3.84. The van der Waals surface area contributed by atoms with E-state index in [4.69, 9.17) is 16.0 Å². The lowest BCUT2D eigenvalue weighted by molar-refractivity contribution is -0.121. The van der Waals surface area contributed by atoms with E-state index in [2.05, 4.69) is 10.3 Å². The van der Waals surface area contributed by atoms with Gasteiger partial charge in [-0.1, -0.05) is 30.7 Å². The molecule has 21 heavy (non-hydrogen) atoms. The molecule has 0 radical (unpaired) electrons. The number of amides is 1. The number of carbonyl (C=O) groups is 1. The van der Waals surface area contributed by atoms with Gasteiger partial charge >= 0.3 is 0 Å². The quantitative estimate of drug-likeness (QED) is 0.882. The SMILES string of the molecule is CCC(C)NC(=O)CCc1ncc(-c2ccccc2Cl)o1. The lowest BCUT2D eigenvalue weighted by Gasteiger charge is -2.10. The van der Waals surface area contributed by atoms with E-state index in [9.17, 15) is 4.79 Å². The summed E-state index contributed by atoms with van der Waals surface area (Å²) in [5.41, 5.74) is 0.807. The number of halogens is 1. The number of aromatic nitrogens is 1. The number of benzene rings is 1. The van der Waals surface area contributed by atoms with Crippen LogP contribution in [0, 0.1) is 0 Å². The number of rotatable bonds is 6. The summed E-state index contributed by atoms with van der Waals surface area (Å²) >= 11 is 6.12. The third kappa shape index (κ3) is 4.33. The third-order valence-electron chi connectivity index (χ3n) is 3.28. The molecule has 0 saturated carbocycles. The molecule has 4 nitrogen and oxygen atoms in total. The van der Waals surface area contributed by atoms with Crippen LogP contribution in [-0.2, 0) is 11.2 Å². The maximum absolute atomic E-state index is 11.7. The first-order valence-corrected chi connectivity index (χ1v) is 7.47. The molecule has 2 rings (SSSR count). The Morgan fingerprint density at radius 3 is 2.90 bits per heavy atom. The number of carbonyl (C=O) groups excluding carboxylic acids is 1. The van der Waals surface area contributed by atoms with Crippen LogP contribution in [0.2, 0.25) is 5.02 Å². The normalized spacial score (nSPS) is 12.1. The molecule has 0 spiro atoms. The van der Waals surface area contributed by atoms with Crippen LogP contribution in [0.3, 0.4) is 0 Å². The van der Waals surface area contributed by atoms with E-state index in [1.807, 2.05) is 32.0 Å². The maximum atomic E-state index is 11.7. The number of nitrogens with one attached hydrogen (secondary N) is 1. The Morgan fingerprint density at radius 2 is 2.19 bits per heavy atom. The van der Waals surface area contributed by atoms with Crippen molar-refractivity contribution < 1.29 is 9.21 Å². The molecular formula is C16H19ClN2O2. The van der Waals surface area contributed by atoms with Gasteiger partial charge in [-0.05, 0) is 25.5 Å². The summed E-state index contributed by atoms with van der Waals surface area (Å²) in [4.78, 5) is 15.9. The molecule has 2 aromatic rings. The highest BCUT2D eigenvalue weighted by Gasteiger charge is 2.11. The summed E-state index contributed by atoms with van der Waals surface area (Å²) in [5, 5.41) is 3.54. The summed E-state index contributed by atoms with van der Waals surface area (Å²) in [6, 6.07) is 7.63. The predicted molar refractivity (Wildman–Crippen MR) is 83.2 cm³/mol. The zero-order chi connectivity index (χ0) is 15.2. The van der Waals surface area contributed by atoms with Gasteiger partial charge in [0, 0.05) is 24.4 Å². The van der Waals surface area contributed by atoms with E-state index >= 15 is 0 Å². The lowest BCUT2D eigenvalue weighted by Crippen LogP contribution is -2.32. The molecule has 1 heterocycles. The van der Waals surface area contributed by atoms with Crippen LogP contribution >= 0.6 is 11.6 Å². The van der Waals surface area contributed by atoms with Crippen molar-refractivity contribution in [2.75, 3.05) is 0 Å². The highest BCUT2D eigenvalue weighted by molar-refractivity contribution is 6.33. The van der Waals surface area contributed by atoms with Gasteiger partial charge in [0.1, 0.15) is 0 Å². The Balaban J connectivity index is 1.95. The number of hydrogen-bond acceptors (Lipinski definition) is 3. The van der Waals surface area contributed by atoms with Gasteiger partial charge in [0.25, 0.3) is 0 Å². The fraction of sp³-hybridized carbons (Fsp3) is 0.375. The first-order valence-electron chi connectivity index (χ1n) is 7.09. The minimum Gasteiger partial charge on any atom is -0.441 e. The first-order chi connectivity index (χ1) is 10.1. The summed E-state index contributed by atoms with van der Waals surface area (Å²) in [7, 11) is 0. The van der Waals surface area contributed by atoms with Crippen molar-refractivity contribution in [2.24, 2.45) is 0 Å². The van der Waals surface area contributed by atoms with E-state index in [1.165, 1.54) is 0 Å². The molecule has 1 N–H and O–H groups in total. The zero-order valence-corrected chi connectivity index (χ0v) is 13.0. The summed E-state index contributed by atoms with van der Waals surface area (Å²) in [6.07, 6.45) is 3.41. The number of aryl methyl sites for hydroxylation is 1. The van der Waals surface area contributed by atoms with Crippen LogP contribution in [0.1, 0.15) is 32.6 Å². The van der Waals surface area contributed by atoms with Crippen molar-refractivity contribution in [3.8, 4) is 11.3 Å². The zero-order valence-electron chi connectivity index (χ0n) is 12.2. The van der Waals surface area contributed by atoms with Crippen molar-refractivity contribution in [3.05, 3.63) is 41.4 Å². The average Bonchev–Trinajstić information content (AvgIpc) is 2.94. The minimum absolute atomic E-state index is 0.0156. The van der Waals surface area contributed by atoms with Crippen LogP contribution in [0.5, 0.6) is 0 Å². The minimum atomic E-state index is 0.0156. The van der Waals surface area contributed by atoms with Crippen LogP contribution in [-0.4, -0.2) is 16.9 Å². The Hall–Kier alpha value is -1.81. The van der Waals surface area contributed by atoms with E-state index in [1.54, 1.807) is 12.3 Å². The molecule has 1 atom stereocenters. The summed E-state index contributed by atoms with van der Waals surface area (Å²) in [5.74, 6) is 1.18. The van der Waals surface area contributed by atoms with Crippen molar-refractivity contribution in [1.82, 2.24) is 10.3 Å². The maximum Gasteiger partial charge on any atom is 0.220 e. The summed E-state index contributed by atoms with van der Waals surface area (Å²) in [6.45, 7) is 4.02. The molecule has 1 aromatic heterocycles. The first kappa shape index (κ1) is 15.6. The fourth-order valence-electron chi connectivity index (χ4n) is 1.88. The van der Waals surface area contributed by atoms with Crippen molar-refractivity contribution in [2.45, 2.75) is 39.2 Å². The van der Waals surface area contributed by atoms with Crippen LogP contribution in [0.15, 0.2) is 34.9 Å². The molecule has 1 amide bonds. The van der Waals surface area contributed by atoms with Gasteiger partial charge in [0.05, 0.1) is 11.2 Å². The average molecular weight is 307 g/mol. The molecule has 0 saturated heterocycles. The monoisotopic (exact) mass is 306 g/mol. The van der Waals surface area contributed by atoms with Gasteiger partial charge in [-0.2, -0.15) is 0 Å². The Morgan fingerprint density at radius 1 is 1.43 bits per heavy atom. The van der Waals surface area contributed by atoms with Gasteiger partial charge in [-0.3, -0.25) is 4.79 Å². The molecule has 0 aliphatic carbocycles. The van der Waals surface area contributed by atoms with E-state index in [0.29, 0.717) is 29.5 Å². The summed E-state index contributed by atoms with van der Waals surface area (Å²) < 4.78 is 5.66. The molecule has 0 aliphatic rings. The Kier molecular flexibility index (Phi) is 5.39. The highest BCUT2D eigenvalue weighted by atomic mass is 35.5. The largest absolute Gasteiger partial charge is 0.441 e. The second kappa shape index (κ2) is 7.27. The van der Waals surface area contributed by atoms with Gasteiger partial charge < -0.3 is 9.73 Å². The number of hydrogen-bond donors (Lipinski definition) is 1. The van der Waals surface area contributed by atoms with Crippen molar-refractivity contribution >= 4 is 17.5 Å². The Bertz CT molecular complexity index is 610. The van der Waals surface area contributed by atoms with Crippen LogP contribution < -0.4 is 5.32 Å².